The van der Waals surface area contributed by atoms with Crippen LogP contribution >= 0.6 is 22.9 Å². The fraction of sp³-hybridized carbons (Fsp3) is 0.263. The number of benzene rings is 1. The van der Waals surface area contributed by atoms with Crippen molar-refractivity contribution in [2.45, 2.75) is 25.8 Å². The molecular weight excluding hydrogens is 382 g/mol. The third-order valence-electron chi connectivity index (χ3n) is 4.76. The molecular formula is C19H18ClN5OS. The average molecular weight is 400 g/mol. The third-order valence-corrected chi connectivity index (χ3v) is 5.93. The molecule has 0 aliphatic carbocycles. The lowest BCUT2D eigenvalue weighted by Gasteiger charge is -2.25. The van der Waals surface area contributed by atoms with Gasteiger partial charge in [-0.2, -0.15) is 0 Å². The topological polar surface area (TPSA) is 85.0 Å². The maximum Gasteiger partial charge on any atom is 0.266 e. The second-order valence-corrected chi connectivity index (χ2v) is 7.75. The Balaban J connectivity index is 1.75. The van der Waals surface area contributed by atoms with Crippen LogP contribution in [-0.4, -0.2) is 32.3 Å². The van der Waals surface area contributed by atoms with Crippen LogP contribution in [0.3, 0.4) is 0 Å². The quantitative estimate of drug-likeness (QED) is 0.715. The molecule has 27 heavy (non-hydrogen) atoms. The predicted octanol–water partition coefficient (Wildman–Crippen LogP) is 4.12. The molecule has 3 heterocycles. The summed E-state index contributed by atoms with van der Waals surface area (Å²) in [6.45, 7) is 2.54. The lowest BCUT2D eigenvalue weighted by Crippen LogP contribution is -2.31. The molecule has 2 N–H and O–H groups in total. The maximum absolute atomic E-state index is 13.1. The van der Waals surface area contributed by atoms with Crippen LogP contribution in [0.5, 0.6) is 0 Å². The molecule has 4 rings (SSSR count). The molecule has 6 nitrogen and oxygen atoms in total. The van der Waals surface area contributed by atoms with Crippen LogP contribution in [0.2, 0.25) is 5.02 Å². The summed E-state index contributed by atoms with van der Waals surface area (Å²) in [5.41, 5.74) is 10.9. The number of nitrogens with zero attached hydrogens (tertiary/aromatic N) is 4. The summed E-state index contributed by atoms with van der Waals surface area (Å²) >= 11 is 7.39. The van der Waals surface area contributed by atoms with Gasteiger partial charge in [0.15, 0.2) is 0 Å². The SMILES string of the molecule is Cc1ncsc1C(=O)N1CCCC1c1nc(N)ncc1-c1ccc(Cl)cc1. The van der Waals surface area contributed by atoms with E-state index in [0.717, 1.165) is 35.4 Å². The highest BCUT2D eigenvalue weighted by molar-refractivity contribution is 7.11. The minimum atomic E-state index is -0.144. The molecule has 1 aromatic carbocycles. The Hall–Kier alpha value is -2.51. The van der Waals surface area contributed by atoms with Gasteiger partial charge >= 0.3 is 0 Å². The van der Waals surface area contributed by atoms with Gasteiger partial charge in [0.25, 0.3) is 5.91 Å². The van der Waals surface area contributed by atoms with Crippen molar-refractivity contribution < 1.29 is 4.79 Å². The lowest BCUT2D eigenvalue weighted by molar-refractivity contribution is 0.0737. The largest absolute Gasteiger partial charge is 0.368 e. The van der Waals surface area contributed by atoms with Crippen molar-refractivity contribution in [3.63, 3.8) is 0 Å². The number of aromatic nitrogens is 3. The van der Waals surface area contributed by atoms with Gasteiger partial charge in [0.05, 0.1) is 22.9 Å². The van der Waals surface area contributed by atoms with Gasteiger partial charge in [-0.3, -0.25) is 4.79 Å². The highest BCUT2D eigenvalue weighted by atomic mass is 35.5. The summed E-state index contributed by atoms with van der Waals surface area (Å²) < 4.78 is 0. The van der Waals surface area contributed by atoms with Crippen LogP contribution in [-0.2, 0) is 0 Å². The minimum absolute atomic E-state index is 0.00302. The first-order valence-electron chi connectivity index (χ1n) is 8.64. The van der Waals surface area contributed by atoms with Gasteiger partial charge in [-0.05, 0) is 37.5 Å². The Bertz CT molecular complexity index is 988. The van der Waals surface area contributed by atoms with E-state index in [2.05, 4.69) is 15.0 Å². The zero-order valence-corrected chi connectivity index (χ0v) is 16.3. The van der Waals surface area contributed by atoms with Crippen LogP contribution in [0.4, 0.5) is 5.95 Å². The van der Waals surface area contributed by atoms with E-state index in [9.17, 15) is 4.79 Å². The number of rotatable bonds is 3. The lowest BCUT2D eigenvalue weighted by atomic mass is 10.00. The van der Waals surface area contributed by atoms with Crippen LogP contribution in [0, 0.1) is 6.92 Å². The zero-order valence-electron chi connectivity index (χ0n) is 14.7. The summed E-state index contributed by atoms with van der Waals surface area (Å²) in [6.07, 6.45) is 3.47. The number of hydrogen-bond acceptors (Lipinski definition) is 6. The third kappa shape index (κ3) is 3.40. The van der Waals surface area contributed by atoms with Crippen molar-refractivity contribution in [1.29, 1.82) is 0 Å². The highest BCUT2D eigenvalue weighted by Gasteiger charge is 2.34. The normalized spacial score (nSPS) is 16.7. The predicted molar refractivity (Wildman–Crippen MR) is 107 cm³/mol. The summed E-state index contributed by atoms with van der Waals surface area (Å²) in [4.78, 5) is 28.5. The van der Waals surface area contributed by atoms with Gasteiger partial charge < -0.3 is 10.6 Å². The second kappa shape index (κ2) is 7.25. The Morgan fingerprint density at radius 2 is 2.07 bits per heavy atom. The van der Waals surface area contributed by atoms with Crippen molar-refractivity contribution in [1.82, 2.24) is 19.9 Å². The average Bonchev–Trinajstić information content (AvgIpc) is 3.31. The van der Waals surface area contributed by atoms with E-state index in [4.69, 9.17) is 17.3 Å². The number of aryl methyl sites for hydroxylation is 1. The van der Waals surface area contributed by atoms with E-state index in [1.54, 1.807) is 11.7 Å². The first kappa shape index (κ1) is 17.9. The molecule has 8 heteroatoms. The zero-order chi connectivity index (χ0) is 19.0. The molecule has 1 atom stereocenters. The second-order valence-electron chi connectivity index (χ2n) is 6.46. The van der Waals surface area contributed by atoms with Crippen molar-refractivity contribution in [3.8, 4) is 11.1 Å². The molecule has 1 saturated heterocycles. The molecule has 0 radical (unpaired) electrons. The first-order chi connectivity index (χ1) is 13.0. The van der Waals surface area contributed by atoms with E-state index < -0.39 is 0 Å². The number of amides is 1. The molecule has 138 valence electrons. The fourth-order valence-electron chi connectivity index (χ4n) is 3.45. The van der Waals surface area contributed by atoms with Gasteiger partial charge in [-0.1, -0.05) is 23.7 Å². The molecule has 1 fully saturated rings. The molecule has 1 aliphatic rings. The molecule has 3 aromatic rings. The Labute approximate surface area is 166 Å². The van der Waals surface area contributed by atoms with Crippen LogP contribution in [0.25, 0.3) is 11.1 Å². The molecule has 1 unspecified atom stereocenters. The molecule has 0 bridgehead atoms. The number of likely N-dealkylation sites (tertiary alicyclic amines) is 1. The van der Waals surface area contributed by atoms with Crippen LogP contribution in [0.15, 0.2) is 36.0 Å². The smallest absolute Gasteiger partial charge is 0.266 e. The monoisotopic (exact) mass is 399 g/mol. The summed E-state index contributed by atoms with van der Waals surface area (Å²) in [7, 11) is 0. The molecule has 1 amide bonds. The minimum Gasteiger partial charge on any atom is -0.368 e. The first-order valence-corrected chi connectivity index (χ1v) is 9.90. The summed E-state index contributed by atoms with van der Waals surface area (Å²) in [5.74, 6) is 0.202. The number of nitrogens with two attached hydrogens (primary N) is 1. The van der Waals surface area contributed by atoms with Crippen molar-refractivity contribution >= 4 is 34.8 Å². The van der Waals surface area contributed by atoms with E-state index >= 15 is 0 Å². The number of carbonyl (C=O) groups excluding carboxylic acids is 1. The van der Waals surface area contributed by atoms with E-state index in [-0.39, 0.29) is 17.9 Å². The van der Waals surface area contributed by atoms with Gasteiger partial charge in [-0.15, -0.1) is 11.3 Å². The summed E-state index contributed by atoms with van der Waals surface area (Å²) in [6, 6.07) is 7.37. The van der Waals surface area contributed by atoms with Crippen molar-refractivity contribution in [2.75, 3.05) is 12.3 Å². The van der Waals surface area contributed by atoms with Gasteiger partial charge in [-0.25, -0.2) is 15.0 Å². The molecule has 2 aromatic heterocycles. The molecule has 0 spiro atoms. The molecule has 1 aliphatic heterocycles. The van der Waals surface area contributed by atoms with E-state index in [1.807, 2.05) is 36.1 Å². The van der Waals surface area contributed by atoms with Gasteiger partial charge in [0.1, 0.15) is 4.88 Å². The Morgan fingerprint density at radius 1 is 1.30 bits per heavy atom. The fourth-order valence-corrected chi connectivity index (χ4v) is 4.33. The van der Waals surface area contributed by atoms with E-state index in [0.29, 0.717) is 16.4 Å². The van der Waals surface area contributed by atoms with Crippen LogP contribution < -0.4 is 5.73 Å². The highest BCUT2D eigenvalue weighted by Crippen LogP contribution is 2.38. The number of anilines is 1. The Morgan fingerprint density at radius 3 is 2.78 bits per heavy atom. The van der Waals surface area contributed by atoms with Crippen LogP contribution in [0.1, 0.15) is 39.9 Å². The number of hydrogen-bond donors (Lipinski definition) is 1. The molecule has 0 saturated carbocycles. The number of halogens is 1. The van der Waals surface area contributed by atoms with Gasteiger partial charge in [0, 0.05) is 23.3 Å². The Kier molecular flexibility index (Phi) is 4.80. The number of nitrogen functional groups attached to an aromatic ring is 1. The maximum atomic E-state index is 13.1. The number of thiazole rings is 1. The standard InChI is InChI=1S/C19H18ClN5OS/c1-11-17(27-10-23-11)18(26)25-8-2-3-15(25)16-14(9-22-19(21)24-16)12-4-6-13(20)7-5-12/h4-7,9-10,15H,2-3,8H2,1H3,(H2,21,22,24). The number of carbonyl (C=O) groups is 1. The van der Waals surface area contributed by atoms with Crippen molar-refractivity contribution in [3.05, 3.63) is 57.3 Å². The van der Waals surface area contributed by atoms with Crippen molar-refractivity contribution in [2.24, 2.45) is 0 Å². The van der Waals surface area contributed by atoms with Gasteiger partial charge in [0.2, 0.25) is 5.95 Å². The summed E-state index contributed by atoms with van der Waals surface area (Å²) in [5, 5.41) is 0.662. The van der Waals surface area contributed by atoms with E-state index in [1.165, 1.54) is 11.3 Å².